The highest BCUT2D eigenvalue weighted by Crippen LogP contribution is 2.44. The molecule has 0 saturated heterocycles. The van der Waals surface area contributed by atoms with Crippen molar-refractivity contribution < 1.29 is 14.7 Å². The van der Waals surface area contributed by atoms with Gasteiger partial charge in [-0.2, -0.15) is 5.10 Å². The van der Waals surface area contributed by atoms with E-state index >= 15 is 0 Å². The summed E-state index contributed by atoms with van der Waals surface area (Å²) in [5.41, 5.74) is 1.54. The van der Waals surface area contributed by atoms with Crippen LogP contribution in [0.1, 0.15) is 37.1 Å². The van der Waals surface area contributed by atoms with Gasteiger partial charge < -0.3 is 10.4 Å². The van der Waals surface area contributed by atoms with Gasteiger partial charge in [0.25, 0.3) is 0 Å². The van der Waals surface area contributed by atoms with E-state index in [0.29, 0.717) is 24.3 Å². The van der Waals surface area contributed by atoms with Crippen LogP contribution in [0.15, 0.2) is 24.4 Å². The molecule has 1 aliphatic carbocycles. The molecule has 1 fully saturated rings. The minimum Gasteiger partial charge on any atom is -0.481 e. The first-order valence-electron chi connectivity index (χ1n) is 7.93. The second-order valence-corrected chi connectivity index (χ2v) is 6.41. The largest absolute Gasteiger partial charge is 0.481 e. The number of nitrogens with zero attached hydrogens (tertiary/aromatic N) is 3. The van der Waals surface area contributed by atoms with E-state index in [0.717, 1.165) is 17.8 Å². The number of hydrogen-bond donors (Lipinski definition) is 2. The smallest absolute Gasteiger partial charge is 0.310 e. The number of aryl methyl sites for hydroxylation is 2. The van der Waals surface area contributed by atoms with Crippen LogP contribution in [0, 0.1) is 19.3 Å². The summed E-state index contributed by atoms with van der Waals surface area (Å²) in [6.07, 6.45) is 3.54. The van der Waals surface area contributed by atoms with Crippen LogP contribution < -0.4 is 5.32 Å². The number of carboxylic acids is 1. The molecule has 7 nitrogen and oxygen atoms in total. The average Bonchev–Trinajstić information content (AvgIpc) is 2.82. The first-order chi connectivity index (χ1) is 11.4. The fraction of sp³-hybridized carbons (Fsp3) is 0.412. The molecule has 0 atom stereocenters. The molecular weight excluding hydrogens is 308 g/mol. The highest BCUT2D eigenvalue weighted by molar-refractivity contribution is 5.94. The minimum atomic E-state index is -0.888. The third-order valence-corrected chi connectivity index (χ3v) is 4.52. The Hall–Kier alpha value is -2.70. The highest BCUT2D eigenvalue weighted by atomic mass is 16.4. The van der Waals surface area contributed by atoms with Crippen molar-refractivity contribution >= 4 is 17.6 Å². The molecule has 0 aromatic carbocycles. The summed E-state index contributed by atoms with van der Waals surface area (Å²) in [5.74, 6) is -0.515. The van der Waals surface area contributed by atoms with E-state index in [9.17, 15) is 14.7 Å². The van der Waals surface area contributed by atoms with Crippen molar-refractivity contribution in [3.05, 3.63) is 35.8 Å². The summed E-state index contributed by atoms with van der Waals surface area (Å²) in [6, 6.07) is 5.47. The van der Waals surface area contributed by atoms with E-state index < -0.39 is 11.4 Å². The summed E-state index contributed by atoms with van der Waals surface area (Å²) < 4.78 is 1.73. The van der Waals surface area contributed by atoms with Crippen LogP contribution in [-0.4, -0.2) is 31.7 Å². The number of nitrogens with one attached hydrogen (secondary N) is 1. The van der Waals surface area contributed by atoms with Crippen LogP contribution in [0.4, 0.5) is 5.69 Å². The van der Waals surface area contributed by atoms with E-state index in [4.69, 9.17) is 0 Å². The fourth-order valence-electron chi connectivity index (χ4n) is 3.03. The van der Waals surface area contributed by atoms with E-state index in [1.807, 2.05) is 19.9 Å². The van der Waals surface area contributed by atoms with Crippen LogP contribution in [0.25, 0.3) is 5.82 Å². The molecule has 24 heavy (non-hydrogen) atoms. The average molecular weight is 328 g/mol. The lowest BCUT2D eigenvalue weighted by Gasteiger charge is -2.36. The Balaban J connectivity index is 1.67. The van der Waals surface area contributed by atoms with Crippen molar-refractivity contribution in [3.63, 3.8) is 0 Å². The molecule has 126 valence electrons. The lowest BCUT2D eigenvalue weighted by molar-refractivity contribution is -0.157. The number of carbonyl (C=O) groups is 2. The standard InChI is InChI=1S/C17H20N4O3/c1-11-8-12(2)21(20-11)14-5-4-13(10-18-14)19-15(22)9-17(16(23)24)6-3-7-17/h4-5,8,10H,3,6-7,9H2,1-2H3,(H,19,22)(H,23,24). The quantitative estimate of drug-likeness (QED) is 0.879. The molecule has 2 aromatic heterocycles. The van der Waals surface area contributed by atoms with E-state index in [-0.39, 0.29) is 12.3 Å². The lowest BCUT2D eigenvalue weighted by atomic mass is 9.66. The molecule has 3 rings (SSSR count). The predicted molar refractivity (Wildman–Crippen MR) is 88.0 cm³/mol. The first kappa shape index (κ1) is 16.2. The van der Waals surface area contributed by atoms with Crippen LogP contribution in [0.2, 0.25) is 0 Å². The van der Waals surface area contributed by atoms with Crippen molar-refractivity contribution in [2.75, 3.05) is 5.32 Å². The predicted octanol–water partition coefficient (Wildman–Crippen LogP) is 2.47. The van der Waals surface area contributed by atoms with Crippen molar-refractivity contribution in [1.29, 1.82) is 0 Å². The van der Waals surface area contributed by atoms with Crippen molar-refractivity contribution in [3.8, 4) is 5.82 Å². The molecule has 2 heterocycles. The monoisotopic (exact) mass is 328 g/mol. The Morgan fingerprint density at radius 3 is 2.54 bits per heavy atom. The first-order valence-corrected chi connectivity index (χ1v) is 7.93. The third-order valence-electron chi connectivity index (χ3n) is 4.52. The van der Waals surface area contributed by atoms with Crippen LogP contribution in [0.5, 0.6) is 0 Å². The number of carboxylic acid groups (broad SMARTS) is 1. The topological polar surface area (TPSA) is 97.1 Å². The molecule has 2 aromatic rings. The number of carbonyl (C=O) groups excluding carboxylic acids is 1. The summed E-state index contributed by atoms with van der Waals surface area (Å²) in [4.78, 5) is 27.8. The molecule has 0 spiro atoms. The zero-order valence-corrected chi connectivity index (χ0v) is 13.7. The lowest BCUT2D eigenvalue weighted by Crippen LogP contribution is -2.41. The molecule has 7 heteroatoms. The summed E-state index contributed by atoms with van der Waals surface area (Å²) >= 11 is 0. The molecule has 0 radical (unpaired) electrons. The van der Waals surface area contributed by atoms with E-state index in [2.05, 4.69) is 15.4 Å². The molecule has 1 aliphatic rings. The summed E-state index contributed by atoms with van der Waals surface area (Å²) in [6.45, 7) is 3.86. The normalized spacial score (nSPS) is 15.6. The minimum absolute atomic E-state index is 0.00153. The Bertz CT molecular complexity index is 776. The van der Waals surface area contributed by atoms with Crippen molar-refractivity contribution in [2.45, 2.75) is 39.5 Å². The number of rotatable bonds is 5. The number of pyridine rings is 1. The van der Waals surface area contributed by atoms with Gasteiger partial charge in [-0.25, -0.2) is 9.67 Å². The van der Waals surface area contributed by atoms with Gasteiger partial charge in [-0.1, -0.05) is 6.42 Å². The van der Waals surface area contributed by atoms with Gasteiger partial charge in [0.05, 0.1) is 23.0 Å². The van der Waals surface area contributed by atoms with Crippen LogP contribution in [-0.2, 0) is 9.59 Å². The van der Waals surface area contributed by atoms with Gasteiger partial charge in [0, 0.05) is 12.1 Å². The SMILES string of the molecule is Cc1cc(C)n(-c2ccc(NC(=O)CC3(C(=O)O)CCC3)cn2)n1. The second kappa shape index (κ2) is 6.07. The van der Waals surface area contributed by atoms with Gasteiger partial charge in [0.2, 0.25) is 5.91 Å². The van der Waals surface area contributed by atoms with Crippen molar-refractivity contribution in [2.24, 2.45) is 5.41 Å². The van der Waals surface area contributed by atoms with Gasteiger partial charge >= 0.3 is 5.97 Å². The Kier molecular flexibility index (Phi) is 4.09. The van der Waals surface area contributed by atoms with Gasteiger partial charge in [-0.15, -0.1) is 0 Å². The van der Waals surface area contributed by atoms with Crippen molar-refractivity contribution in [1.82, 2.24) is 14.8 Å². The maximum absolute atomic E-state index is 12.1. The molecule has 2 N–H and O–H groups in total. The van der Waals surface area contributed by atoms with Gasteiger partial charge in [0.1, 0.15) is 0 Å². The van der Waals surface area contributed by atoms with E-state index in [1.165, 1.54) is 0 Å². The number of aliphatic carboxylic acids is 1. The number of anilines is 1. The van der Waals surface area contributed by atoms with Crippen LogP contribution >= 0.6 is 0 Å². The van der Waals surface area contributed by atoms with E-state index in [1.54, 1.807) is 23.0 Å². The number of amides is 1. The van der Waals surface area contributed by atoms with Gasteiger partial charge in [0.15, 0.2) is 5.82 Å². The molecule has 0 aliphatic heterocycles. The third kappa shape index (κ3) is 3.02. The Labute approximate surface area is 139 Å². The maximum atomic E-state index is 12.1. The number of aromatic nitrogens is 3. The molecule has 1 amide bonds. The molecule has 0 unspecified atom stereocenters. The zero-order chi connectivity index (χ0) is 17.3. The molecular formula is C17H20N4O3. The molecule has 1 saturated carbocycles. The second-order valence-electron chi connectivity index (χ2n) is 6.41. The van der Waals surface area contributed by atoms with Crippen LogP contribution in [0.3, 0.4) is 0 Å². The summed E-state index contributed by atoms with van der Waals surface area (Å²) in [7, 11) is 0. The molecule has 0 bridgehead atoms. The highest BCUT2D eigenvalue weighted by Gasteiger charge is 2.45. The Morgan fingerprint density at radius 2 is 2.08 bits per heavy atom. The fourth-order valence-corrected chi connectivity index (χ4v) is 3.03. The van der Waals surface area contributed by atoms with Gasteiger partial charge in [-0.05, 0) is 44.9 Å². The Morgan fingerprint density at radius 1 is 1.33 bits per heavy atom. The number of hydrogen-bond acceptors (Lipinski definition) is 4. The summed E-state index contributed by atoms with van der Waals surface area (Å²) in [5, 5.41) is 16.4. The van der Waals surface area contributed by atoms with Gasteiger partial charge in [-0.3, -0.25) is 9.59 Å². The maximum Gasteiger partial charge on any atom is 0.310 e. The zero-order valence-electron chi connectivity index (χ0n) is 13.7.